The van der Waals surface area contributed by atoms with Crippen LogP contribution < -0.4 is 5.32 Å². The summed E-state index contributed by atoms with van der Waals surface area (Å²) in [6.07, 6.45) is -0.606. The lowest BCUT2D eigenvalue weighted by Gasteiger charge is -2.11. The first-order valence-electron chi connectivity index (χ1n) is 5.24. The SMILES string of the molecule is COC(=O)c1cc([N+](=O)[O-])ccc1NC[C@H](C)O. The van der Waals surface area contributed by atoms with Crippen LogP contribution in [-0.2, 0) is 4.74 Å². The van der Waals surface area contributed by atoms with Gasteiger partial charge in [-0.25, -0.2) is 4.79 Å². The molecule has 0 unspecified atom stereocenters. The first kappa shape index (κ1) is 13.9. The molecule has 0 aliphatic rings. The minimum atomic E-state index is -0.674. The van der Waals surface area contributed by atoms with E-state index in [1.54, 1.807) is 6.92 Å². The Balaban J connectivity index is 3.08. The number of hydrogen-bond donors (Lipinski definition) is 2. The first-order chi connectivity index (χ1) is 8.45. The largest absolute Gasteiger partial charge is 0.465 e. The number of nitrogens with one attached hydrogen (secondary N) is 1. The van der Waals surface area contributed by atoms with Gasteiger partial charge in [-0.3, -0.25) is 10.1 Å². The van der Waals surface area contributed by atoms with E-state index in [1.807, 2.05) is 0 Å². The molecule has 0 aliphatic carbocycles. The number of methoxy groups -OCH3 is 1. The molecule has 0 saturated heterocycles. The fraction of sp³-hybridized carbons (Fsp3) is 0.364. The zero-order chi connectivity index (χ0) is 13.7. The minimum absolute atomic E-state index is 0.0624. The third-order valence-electron chi connectivity index (χ3n) is 2.21. The van der Waals surface area contributed by atoms with Gasteiger partial charge in [0.25, 0.3) is 5.69 Å². The van der Waals surface area contributed by atoms with Crippen molar-refractivity contribution in [1.82, 2.24) is 0 Å². The zero-order valence-corrected chi connectivity index (χ0v) is 10.0. The summed E-state index contributed by atoms with van der Waals surface area (Å²) >= 11 is 0. The molecule has 7 nitrogen and oxygen atoms in total. The normalized spacial score (nSPS) is 11.7. The van der Waals surface area contributed by atoms with Crippen LogP contribution in [0.2, 0.25) is 0 Å². The average molecular weight is 254 g/mol. The maximum absolute atomic E-state index is 11.5. The summed E-state index contributed by atoms with van der Waals surface area (Å²) in [6.45, 7) is 1.80. The molecule has 1 aromatic rings. The third-order valence-corrected chi connectivity index (χ3v) is 2.21. The Morgan fingerprint density at radius 1 is 1.61 bits per heavy atom. The van der Waals surface area contributed by atoms with Gasteiger partial charge in [-0.2, -0.15) is 0 Å². The summed E-state index contributed by atoms with van der Waals surface area (Å²) in [5, 5.41) is 22.6. The fourth-order valence-corrected chi connectivity index (χ4v) is 1.34. The quantitative estimate of drug-likeness (QED) is 0.464. The topological polar surface area (TPSA) is 102 Å². The van der Waals surface area contributed by atoms with E-state index in [2.05, 4.69) is 10.1 Å². The number of rotatable bonds is 5. The van der Waals surface area contributed by atoms with Crippen LogP contribution in [0.1, 0.15) is 17.3 Å². The van der Waals surface area contributed by atoms with Crippen molar-refractivity contribution in [3.8, 4) is 0 Å². The van der Waals surface area contributed by atoms with Gasteiger partial charge < -0.3 is 15.2 Å². The number of ether oxygens (including phenoxy) is 1. The van der Waals surface area contributed by atoms with Gasteiger partial charge in [0, 0.05) is 24.4 Å². The fourth-order valence-electron chi connectivity index (χ4n) is 1.34. The Kier molecular flexibility index (Phi) is 4.61. The van der Waals surface area contributed by atoms with Crippen LogP contribution >= 0.6 is 0 Å². The van der Waals surface area contributed by atoms with Gasteiger partial charge in [-0.05, 0) is 13.0 Å². The van der Waals surface area contributed by atoms with E-state index in [0.29, 0.717) is 5.69 Å². The smallest absolute Gasteiger partial charge is 0.340 e. The van der Waals surface area contributed by atoms with E-state index >= 15 is 0 Å². The highest BCUT2D eigenvalue weighted by atomic mass is 16.6. The Morgan fingerprint density at radius 2 is 2.28 bits per heavy atom. The first-order valence-corrected chi connectivity index (χ1v) is 5.24. The molecule has 0 amide bonds. The number of hydrogen-bond acceptors (Lipinski definition) is 6. The molecule has 1 atom stereocenters. The molecule has 0 fully saturated rings. The molecule has 2 N–H and O–H groups in total. The summed E-state index contributed by atoms with van der Waals surface area (Å²) in [5.41, 5.74) is 0.249. The van der Waals surface area contributed by atoms with Crippen molar-refractivity contribution in [2.75, 3.05) is 19.0 Å². The molecule has 0 saturated carbocycles. The van der Waals surface area contributed by atoms with Crippen molar-refractivity contribution in [1.29, 1.82) is 0 Å². The Hall–Kier alpha value is -2.15. The average Bonchev–Trinajstić information content (AvgIpc) is 2.34. The number of nitrogens with zero attached hydrogens (tertiary/aromatic N) is 1. The van der Waals surface area contributed by atoms with Gasteiger partial charge in [-0.15, -0.1) is 0 Å². The van der Waals surface area contributed by atoms with Gasteiger partial charge in [0.05, 0.1) is 23.7 Å². The van der Waals surface area contributed by atoms with Gasteiger partial charge in [0.2, 0.25) is 0 Å². The van der Waals surface area contributed by atoms with E-state index in [9.17, 15) is 14.9 Å². The molecule has 1 rings (SSSR count). The molecule has 0 heterocycles. The lowest BCUT2D eigenvalue weighted by molar-refractivity contribution is -0.384. The van der Waals surface area contributed by atoms with Crippen LogP contribution in [0.3, 0.4) is 0 Å². The number of nitro benzene ring substituents is 1. The maximum Gasteiger partial charge on any atom is 0.340 e. The number of carbonyl (C=O) groups excluding carboxylic acids is 1. The highest BCUT2D eigenvalue weighted by molar-refractivity contribution is 5.96. The van der Waals surface area contributed by atoms with Gasteiger partial charge in [-0.1, -0.05) is 0 Å². The number of aliphatic hydroxyl groups is 1. The van der Waals surface area contributed by atoms with Crippen molar-refractivity contribution < 1.29 is 19.6 Å². The number of esters is 1. The van der Waals surface area contributed by atoms with Crippen molar-refractivity contribution in [3.05, 3.63) is 33.9 Å². The third kappa shape index (κ3) is 3.42. The summed E-state index contributed by atoms with van der Waals surface area (Å²) in [5.74, 6) is -0.674. The molecule has 0 spiro atoms. The van der Waals surface area contributed by atoms with Crippen LogP contribution in [0.25, 0.3) is 0 Å². The van der Waals surface area contributed by atoms with Crippen molar-refractivity contribution in [2.45, 2.75) is 13.0 Å². The molecular weight excluding hydrogens is 240 g/mol. The van der Waals surface area contributed by atoms with Crippen molar-refractivity contribution >= 4 is 17.3 Å². The molecular formula is C11H14N2O5. The molecule has 0 aromatic heterocycles. The minimum Gasteiger partial charge on any atom is -0.465 e. The Labute approximate surface area is 104 Å². The van der Waals surface area contributed by atoms with E-state index < -0.39 is 17.0 Å². The molecule has 1 aromatic carbocycles. The van der Waals surface area contributed by atoms with Crippen LogP contribution in [0.4, 0.5) is 11.4 Å². The molecule has 7 heteroatoms. The van der Waals surface area contributed by atoms with Crippen LogP contribution in [0.15, 0.2) is 18.2 Å². The Morgan fingerprint density at radius 3 is 2.78 bits per heavy atom. The van der Waals surface area contributed by atoms with E-state index in [0.717, 1.165) is 6.07 Å². The summed E-state index contributed by atoms with van der Waals surface area (Å²) in [7, 11) is 1.19. The molecule has 18 heavy (non-hydrogen) atoms. The number of anilines is 1. The number of nitro groups is 1. The zero-order valence-electron chi connectivity index (χ0n) is 10.0. The van der Waals surface area contributed by atoms with Crippen LogP contribution in [0, 0.1) is 10.1 Å². The molecule has 0 radical (unpaired) electrons. The second-order valence-electron chi connectivity index (χ2n) is 3.71. The number of aliphatic hydroxyl groups excluding tert-OH is 1. The number of carbonyl (C=O) groups is 1. The lowest BCUT2D eigenvalue weighted by Crippen LogP contribution is -2.17. The summed E-state index contributed by atoms with van der Waals surface area (Å²) < 4.78 is 4.55. The monoisotopic (exact) mass is 254 g/mol. The summed E-state index contributed by atoms with van der Waals surface area (Å²) in [4.78, 5) is 21.5. The standard InChI is InChI=1S/C11H14N2O5/c1-7(14)6-12-10-4-3-8(13(16)17)5-9(10)11(15)18-2/h3-5,7,12,14H,6H2,1-2H3/t7-/m0/s1. The highest BCUT2D eigenvalue weighted by Crippen LogP contribution is 2.22. The predicted octanol–water partition coefficient (Wildman–Crippen LogP) is 1.17. The van der Waals surface area contributed by atoms with Gasteiger partial charge in [0.1, 0.15) is 0 Å². The number of non-ortho nitro benzene ring substituents is 1. The molecule has 98 valence electrons. The maximum atomic E-state index is 11.5. The molecule has 0 bridgehead atoms. The predicted molar refractivity (Wildman–Crippen MR) is 64.6 cm³/mol. The second-order valence-corrected chi connectivity index (χ2v) is 3.71. The van der Waals surface area contributed by atoms with Crippen LogP contribution in [0.5, 0.6) is 0 Å². The van der Waals surface area contributed by atoms with E-state index in [1.165, 1.54) is 19.2 Å². The van der Waals surface area contributed by atoms with Crippen molar-refractivity contribution in [2.24, 2.45) is 0 Å². The van der Waals surface area contributed by atoms with Crippen LogP contribution in [-0.4, -0.2) is 35.8 Å². The van der Waals surface area contributed by atoms with E-state index in [4.69, 9.17) is 5.11 Å². The van der Waals surface area contributed by atoms with Gasteiger partial charge >= 0.3 is 5.97 Å². The lowest BCUT2D eigenvalue weighted by atomic mass is 10.1. The number of benzene rings is 1. The molecule has 0 aliphatic heterocycles. The Bertz CT molecular complexity index is 459. The summed E-state index contributed by atoms with van der Waals surface area (Å²) in [6, 6.07) is 3.82. The highest BCUT2D eigenvalue weighted by Gasteiger charge is 2.17. The van der Waals surface area contributed by atoms with E-state index in [-0.39, 0.29) is 17.8 Å². The van der Waals surface area contributed by atoms with Crippen molar-refractivity contribution in [3.63, 3.8) is 0 Å². The van der Waals surface area contributed by atoms with Gasteiger partial charge in [0.15, 0.2) is 0 Å². The second kappa shape index (κ2) is 5.97.